The van der Waals surface area contributed by atoms with Crippen molar-refractivity contribution in [3.05, 3.63) is 66.8 Å². The molecule has 11 heteroatoms. The Hall–Kier alpha value is -3.13. The Bertz CT molecular complexity index is 1330. The van der Waals surface area contributed by atoms with E-state index in [1.165, 1.54) is 9.47 Å². The van der Waals surface area contributed by atoms with Gasteiger partial charge in [-0.25, -0.2) is 0 Å². The Kier molecular flexibility index (Phi) is 8.72. The van der Waals surface area contributed by atoms with E-state index in [2.05, 4.69) is 5.32 Å². The van der Waals surface area contributed by atoms with Crippen LogP contribution in [0.3, 0.4) is 0 Å². The number of nitriles is 1. The lowest BCUT2D eigenvalue weighted by Gasteiger charge is -2.20. The van der Waals surface area contributed by atoms with Gasteiger partial charge >= 0.3 is 5.97 Å². The summed E-state index contributed by atoms with van der Waals surface area (Å²) in [7, 11) is 0. The molecule has 0 bridgehead atoms. The molecule has 1 aromatic heterocycles. The summed E-state index contributed by atoms with van der Waals surface area (Å²) >= 11 is 12.7. The first-order chi connectivity index (χ1) is 16.7. The SMILES string of the molecule is CCCn1c(NCc2ccccc2Cl)c(/C=C2/SC(=S)N(CCC(=O)O)C2=O)c(C)c(C#N)c1=O. The number of hydrogen-bond acceptors (Lipinski definition) is 7. The number of aliphatic carboxylic acids is 1. The van der Waals surface area contributed by atoms with Crippen LogP contribution in [-0.4, -0.2) is 37.3 Å². The number of thioether (sulfide) groups is 1. The van der Waals surface area contributed by atoms with Crippen LogP contribution in [0.5, 0.6) is 0 Å². The molecule has 3 rings (SSSR count). The number of carbonyl (C=O) groups is 2. The van der Waals surface area contributed by atoms with Gasteiger partial charge in [-0.05, 0) is 36.6 Å². The second kappa shape index (κ2) is 11.5. The fourth-order valence-corrected chi connectivity index (χ4v) is 5.14. The van der Waals surface area contributed by atoms with E-state index in [1.54, 1.807) is 19.1 Å². The average Bonchev–Trinajstić information content (AvgIpc) is 3.08. The van der Waals surface area contributed by atoms with Gasteiger partial charge in [-0.2, -0.15) is 5.26 Å². The van der Waals surface area contributed by atoms with E-state index >= 15 is 0 Å². The molecule has 8 nitrogen and oxygen atoms in total. The molecule has 2 N–H and O–H groups in total. The zero-order valence-electron chi connectivity index (χ0n) is 19.1. The van der Waals surface area contributed by atoms with E-state index in [0.29, 0.717) is 41.5 Å². The van der Waals surface area contributed by atoms with Crippen molar-refractivity contribution in [3.63, 3.8) is 0 Å². The van der Waals surface area contributed by atoms with Crippen LogP contribution in [0.1, 0.15) is 42.0 Å². The normalized spacial score (nSPS) is 14.5. The summed E-state index contributed by atoms with van der Waals surface area (Å²) in [5, 5.41) is 22.5. The van der Waals surface area contributed by atoms with Gasteiger partial charge in [0.05, 0.1) is 11.3 Å². The number of hydrogen-bond donors (Lipinski definition) is 2. The lowest BCUT2D eigenvalue weighted by molar-refractivity contribution is -0.137. The molecule has 2 heterocycles. The number of nitrogens with zero attached hydrogens (tertiary/aromatic N) is 3. The number of anilines is 1. The van der Waals surface area contributed by atoms with Gasteiger partial charge in [-0.1, -0.05) is 60.7 Å². The van der Waals surface area contributed by atoms with Gasteiger partial charge in [-0.3, -0.25) is 23.9 Å². The Morgan fingerprint density at radius 3 is 2.66 bits per heavy atom. The lowest BCUT2D eigenvalue weighted by atomic mass is 10.0. The maximum absolute atomic E-state index is 13.1. The number of thiocarbonyl (C=S) groups is 1. The van der Waals surface area contributed by atoms with E-state index in [9.17, 15) is 19.6 Å². The number of nitrogens with one attached hydrogen (secondary N) is 1. The third-order valence-electron chi connectivity index (χ3n) is 5.42. The van der Waals surface area contributed by atoms with Crippen molar-refractivity contribution < 1.29 is 14.7 Å². The highest BCUT2D eigenvalue weighted by Gasteiger charge is 2.33. The molecular formula is C24H23ClN4O4S2. The first-order valence-electron chi connectivity index (χ1n) is 10.8. The molecule has 182 valence electrons. The lowest BCUT2D eigenvalue weighted by Crippen LogP contribution is -2.30. The number of rotatable bonds is 9. The Balaban J connectivity index is 2.12. The zero-order valence-corrected chi connectivity index (χ0v) is 21.5. The minimum atomic E-state index is -1.03. The smallest absolute Gasteiger partial charge is 0.305 e. The van der Waals surface area contributed by atoms with Crippen LogP contribution in [0.4, 0.5) is 5.82 Å². The maximum atomic E-state index is 13.1. The zero-order chi connectivity index (χ0) is 25.7. The van der Waals surface area contributed by atoms with Crippen molar-refractivity contribution in [2.75, 3.05) is 11.9 Å². The molecule has 35 heavy (non-hydrogen) atoms. The van der Waals surface area contributed by atoms with Crippen LogP contribution in [0.2, 0.25) is 5.02 Å². The quantitative estimate of drug-likeness (QED) is 0.362. The monoisotopic (exact) mass is 530 g/mol. The molecule has 0 radical (unpaired) electrons. The molecule has 1 aliphatic rings. The predicted molar refractivity (Wildman–Crippen MR) is 141 cm³/mol. The number of carboxylic acid groups (broad SMARTS) is 1. The summed E-state index contributed by atoms with van der Waals surface area (Å²) in [6, 6.07) is 9.30. The molecule has 1 aliphatic heterocycles. The van der Waals surface area contributed by atoms with Crippen molar-refractivity contribution in [1.82, 2.24) is 9.47 Å². The molecular weight excluding hydrogens is 508 g/mol. The van der Waals surface area contributed by atoms with Crippen LogP contribution < -0.4 is 10.9 Å². The maximum Gasteiger partial charge on any atom is 0.305 e. The first kappa shape index (κ1) is 26.5. The van der Waals surface area contributed by atoms with Crippen LogP contribution in [-0.2, 0) is 22.7 Å². The Labute approximate surface area is 217 Å². The molecule has 0 saturated carbocycles. The Morgan fingerprint density at radius 2 is 2.03 bits per heavy atom. The second-order valence-corrected chi connectivity index (χ2v) is 9.84. The highest BCUT2D eigenvalue weighted by molar-refractivity contribution is 8.26. The van der Waals surface area contributed by atoms with Gasteiger partial charge in [0, 0.05) is 30.2 Å². The van der Waals surface area contributed by atoms with Crippen molar-refractivity contribution in [2.24, 2.45) is 0 Å². The van der Waals surface area contributed by atoms with Crippen molar-refractivity contribution in [2.45, 2.75) is 39.8 Å². The number of amides is 1. The topological polar surface area (TPSA) is 115 Å². The summed E-state index contributed by atoms with van der Waals surface area (Å²) in [6.07, 6.45) is 2.02. The van der Waals surface area contributed by atoms with Gasteiger partial charge in [0.2, 0.25) is 0 Å². The van der Waals surface area contributed by atoms with Crippen molar-refractivity contribution in [3.8, 4) is 6.07 Å². The van der Waals surface area contributed by atoms with Crippen LogP contribution in [0.15, 0.2) is 34.0 Å². The van der Waals surface area contributed by atoms with Gasteiger partial charge in [0.25, 0.3) is 11.5 Å². The van der Waals surface area contributed by atoms with Crippen molar-refractivity contribution in [1.29, 1.82) is 5.26 Å². The third kappa shape index (κ3) is 5.75. The van der Waals surface area contributed by atoms with Gasteiger partial charge in [-0.15, -0.1) is 0 Å². The van der Waals surface area contributed by atoms with Crippen LogP contribution in [0.25, 0.3) is 6.08 Å². The first-order valence-corrected chi connectivity index (χ1v) is 12.4. The summed E-state index contributed by atoms with van der Waals surface area (Å²) in [4.78, 5) is 38.6. The second-order valence-electron chi connectivity index (χ2n) is 7.75. The van der Waals surface area contributed by atoms with E-state index in [1.807, 2.05) is 31.2 Å². The minimum absolute atomic E-state index is 0.00523. The van der Waals surface area contributed by atoms with E-state index < -0.39 is 17.4 Å². The number of carbonyl (C=O) groups excluding carboxylic acids is 1. The number of pyridine rings is 1. The summed E-state index contributed by atoms with van der Waals surface area (Å²) < 4.78 is 1.76. The van der Waals surface area contributed by atoms with E-state index in [-0.39, 0.29) is 27.8 Å². The third-order valence-corrected chi connectivity index (χ3v) is 7.17. The summed E-state index contributed by atoms with van der Waals surface area (Å²) in [6.45, 7) is 4.22. The standard InChI is InChI=1S/C24H23ClN4O4S2/c1-3-9-28-21(27-13-15-6-4-5-7-18(15)25)16(14(2)17(12-26)22(28)32)11-19-23(33)29(24(34)35-19)10-8-20(30)31/h4-7,11,27H,3,8-10,13H2,1-2H3,(H,30,31)/b19-11+. The summed E-state index contributed by atoms with van der Waals surface area (Å²) in [5.41, 5.74) is 1.34. The van der Waals surface area contributed by atoms with E-state index in [0.717, 1.165) is 17.3 Å². The van der Waals surface area contributed by atoms with E-state index in [4.69, 9.17) is 28.9 Å². The molecule has 0 atom stereocenters. The number of aromatic nitrogens is 1. The van der Waals surface area contributed by atoms with Gasteiger partial charge in [0.15, 0.2) is 0 Å². The fraction of sp³-hybridized carbons (Fsp3) is 0.292. The van der Waals surface area contributed by atoms with Gasteiger partial charge in [0.1, 0.15) is 21.8 Å². The highest BCUT2D eigenvalue weighted by atomic mass is 35.5. The van der Waals surface area contributed by atoms with Gasteiger partial charge < -0.3 is 10.4 Å². The largest absolute Gasteiger partial charge is 0.481 e. The van der Waals surface area contributed by atoms with Crippen LogP contribution >= 0.6 is 35.6 Å². The van der Waals surface area contributed by atoms with Crippen molar-refractivity contribution >= 4 is 63.7 Å². The molecule has 0 aliphatic carbocycles. The predicted octanol–water partition coefficient (Wildman–Crippen LogP) is 4.38. The average molecular weight is 531 g/mol. The fourth-order valence-electron chi connectivity index (χ4n) is 3.64. The minimum Gasteiger partial charge on any atom is -0.481 e. The van der Waals surface area contributed by atoms with Crippen LogP contribution in [0, 0.1) is 18.3 Å². The molecule has 2 aromatic rings. The number of halogens is 1. The molecule has 0 unspecified atom stereocenters. The Morgan fingerprint density at radius 1 is 1.31 bits per heavy atom. The number of carboxylic acids is 1. The molecule has 1 saturated heterocycles. The molecule has 0 spiro atoms. The summed E-state index contributed by atoms with van der Waals surface area (Å²) in [5.74, 6) is -0.983. The molecule has 1 fully saturated rings. The molecule has 1 aromatic carbocycles. The highest BCUT2D eigenvalue weighted by Crippen LogP contribution is 2.35. The molecule has 1 amide bonds. The number of benzene rings is 1.